The van der Waals surface area contributed by atoms with Crippen LogP contribution in [0.3, 0.4) is 0 Å². The van der Waals surface area contributed by atoms with Gasteiger partial charge in [-0.05, 0) is 37.6 Å². The molecule has 24 heavy (non-hydrogen) atoms. The molecule has 1 aromatic heterocycles. The molecule has 0 spiro atoms. The molecule has 1 amide bonds. The Hall–Kier alpha value is -2.83. The van der Waals surface area contributed by atoms with Crippen LogP contribution in [0.25, 0.3) is 5.69 Å². The van der Waals surface area contributed by atoms with Crippen molar-refractivity contribution in [1.29, 1.82) is 0 Å². The lowest BCUT2D eigenvalue weighted by Crippen LogP contribution is -2.36. The normalized spacial score (nSPS) is 11.7. The van der Waals surface area contributed by atoms with Crippen molar-refractivity contribution in [3.8, 4) is 17.3 Å². The molecule has 0 saturated heterocycles. The number of nitrogens with one attached hydrogen (secondary N) is 1. The van der Waals surface area contributed by atoms with Crippen molar-refractivity contribution in [2.45, 2.75) is 26.3 Å². The highest BCUT2D eigenvalue weighted by molar-refractivity contribution is 5.92. The fourth-order valence-corrected chi connectivity index (χ4v) is 2.05. The van der Waals surface area contributed by atoms with Crippen LogP contribution in [-0.4, -0.2) is 35.9 Å². The first kappa shape index (κ1) is 17.5. The number of rotatable bonds is 6. The van der Waals surface area contributed by atoms with Gasteiger partial charge in [0.05, 0.1) is 26.0 Å². The van der Waals surface area contributed by atoms with Crippen LogP contribution in [0.4, 0.5) is 0 Å². The molecule has 0 fully saturated rings. The summed E-state index contributed by atoms with van der Waals surface area (Å²) >= 11 is 0. The maximum Gasteiger partial charge on any atom is 0.276 e. The molecule has 2 rings (SSSR count). The molecule has 1 aromatic carbocycles. The minimum absolute atomic E-state index is 0.0461. The predicted molar refractivity (Wildman–Crippen MR) is 90.2 cm³/mol. The average molecular weight is 331 g/mol. The summed E-state index contributed by atoms with van der Waals surface area (Å²) in [6.45, 7) is 3.81. The van der Waals surface area contributed by atoms with Crippen LogP contribution in [0.5, 0.6) is 11.6 Å². The van der Waals surface area contributed by atoms with Crippen LogP contribution in [0.1, 0.15) is 30.8 Å². The first-order valence-corrected chi connectivity index (χ1v) is 7.63. The second-order valence-corrected chi connectivity index (χ2v) is 5.29. The van der Waals surface area contributed by atoms with Gasteiger partial charge in [-0.25, -0.2) is 4.68 Å². The number of aromatic nitrogens is 2. The summed E-state index contributed by atoms with van der Waals surface area (Å²) in [5, 5.41) is 6.93. The lowest BCUT2D eigenvalue weighted by Gasteiger charge is -2.14. The number of nitrogens with zero attached hydrogens (tertiary/aromatic N) is 2. The first-order valence-electron chi connectivity index (χ1n) is 7.63. The van der Waals surface area contributed by atoms with E-state index in [0.29, 0.717) is 11.4 Å². The Kier molecular flexibility index (Phi) is 5.57. The molecule has 1 N–H and O–H groups in total. The number of hydrogen-bond acceptors (Lipinski definition) is 5. The monoisotopic (exact) mass is 331 g/mol. The van der Waals surface area contributed by atoms with Crippen LogP contribution >= 0.6 is 0 Å². The van der Waals surface area contributed by atoms with Crippen molar-refractivity contribution in [3.63, 3.8) is 0 Å². The fraction of sp³-hybridized carbons (Fsp3) is 0.353. The average Bonchev–Trinajstić information content (AvgIpc) is 2.61. The van der Waals surface area contributed by atoms with E-state index in [1.807, 2.05) is 13.8 Å². The van der Waals surface area contributed by atoms with Gasteiger partial charge in [0.25, 0.3) is 5.91 Å². The lowest BCUT2D eigenvalue weighted by molar-refractivity contribution is 0.0931. The van der Waals surface area contributed by atoms with Gasteiger partial charge in [0.2, 0.25) is 11.3 Å². The second kappa shape index (κ2) is 7.63. The number of hydrogen-bond donors (Lipinski definition) is 1. The molecule has 0 radical (unpaired) electrons. The molecule has 0 aliphatic carbocycles. The van der Waals surface area contributed by atoms with Crippen molar-refractivity contribution in [2.75, 3.05) is 14.2 Å². The Morgan fingerprint density at radius 3 is 2.46 bits per heavy atom. The number of carbonyl (C=O) groups is 1. The third kappa shape index (κ3) is 3.73. The number of amides is 1. The van der Waals surface area contributed by atoms with Gasteiger partial charge >= 0.3 is 0 Å². The van der Waals surface area contributed by atoms with E-state index in [2.05, 4.69) is 10.4 Å². The van der Waals surface area contributed by atoms with Gasteiger partial charge in [-0.1, -0.05) is 6.92 Å². The van der Waals surface area contributed by atoms with Crippen molar-refractivity contribution in [1.82, 2.24) is 15.1 Å². The molecular formula is C17H21N3O4. The summed E-state index contributed by atoms with van der Waals surface area (Å²) in [4.78, 5) is 24.4. The Labute approximate surface area is 140 Å². The quantitative estimate of drug-likeness (QED) is 0.872. The Morgan fingerprint density at radius 2 is 1.92 bits per heavy atom. The highest BCUT2D eigenvalue weighted by Crippen LogP contribution is 2.18. The molecule has 7 heteroatoms. The van der Waals surface area contributed by atoms with Gasteiger partial charge in [-0.3, -0.25) is 9.59 Å². The summed E-state index contributed by atoms with van der Waals surface area (Å²) in [5.41, 5.74) is -0.0189. The Morgan fingerprint density at radius 1 is 1.25 bits per heavy atom. The summed E-state index contributed by atoms with van der Waals surface area (Å²) in [5.74, 6) is 0.429. The van der Waals surface area contributed by atoms with Gasteiger partial charge < -0.3 is 14.8 Å². The minimum atomic E-state index is -0.501. The van der Waals surface area contributed by atoms with E-state index < -0.39 is 11.3 Å². The SMILES string of the molecule is CC[C@@H](C)NC(=O)c1nn(-c2ccc(OC)cc2)c(OC)cc1=O. The van der Waals surface area contributed by atoms with Gasteiger partial charge in [0, 0.05) is 6.04 Å². The van der Waals surface area contributed by atoms with E-state index in [4.69, 9.17) is 9.47 Å². The molecular weight excluding hydrogens is 310 g/mol. The van der Waals surface area contributed by atoms with E-state index in [9.17, 15) is 9.59 Å². The molecule has 7 nitrogen and oxygen atoms in total. The zero-order chi connectivity index (χ0) is 17.7. The van der Waals surface area contributed by atoms with Crippen molar-refractivity contribution in [2.24, 2.45) is 0 Å². The van der Waals surface area contributed by atoms with Gasteiger partial charge in [-0.2, -0.15) is 5.10 Å². The largest absolute Gasteiger partial charge is 0.497 e. The summed E-state index contributed by atoms with van der Waals surface area (Å²) < 4.78 is 11.7. The molecule has 0 unspecified atom stereocenters. The maximum absolute atomic E-state index is 12.3. The van der Waals surface area contributed by atoms with Crippen molar-refractivity contribution < 1.29 is 14.3 Å². The van der Waals surface area contributed by atoms with E-state index in [1.54, 1.807) is 31.4 Å². The second-order valence-electron chi connectivity index (χ2n) is 5.29. The number of methoxy groups -OCH3 is 2. The third-order valence-corrected chi connectivity index (χ3v) is 3.63. The van der Waals surface area contributed by atoms with Crippen molar-refractivity contribution in [3.05, 3.63) is 46.2 Å². The lowest BCUT2D eigenvalue weighted by atomic mass is 10.2. The van der Waals surface area contributed by atoms with Gasteiger partial charge in [0.1, 0.15) is 5.75 Å². The zero-order valence-electron chi connectivity index (χ0n) is 14.2. The van der Waals surface area contributed by atoms with Crippen molar-refractivity contribution >= 4 is 5.91 Å². The van der Waals surface area contributed by atoms with Gasteiger partial charge in [-0.15, -0.1) is 0 Å². The molecule has 1 atom stereocenters. The fourth-order valence-electron chi connectivity index (χ4n) is 2.05. The number of carbonyl (C=O) groups excluding carboxylic acids is 1. The highest BCUT2D eigenvalue weighted by Gasteiger charge is 2.18. The van der Waals surface area contributed by atoms with E-state index in [0.717, 1.165) is 6.42 Å². The molecule has 2 aromatic rings. The Balaban J connectivity index is 2.48. The van der Waals surface area contributed by atoms with Gasteiger partial charge in [0.15, 0.2) is 5.69 Å². The van der Waals surface area contributed by atoms with Crippen LogP contribution < -0.4 is 20.2 Å². The summed E-state index contributed by atoms with van der Waals surface area (Å²) in [6.07, 6.45) is 0.758. The minimum Gasteiger partial charge on any atom is -0.497 e. The molecule has 0 aliphatic rings. The zero-order valence-corrected chi connectivity index (χ0v) is 14.2. The molecule has 128 valence electrons. The van der Waals surface area contributed by atoms with Crippen LogP contribution in [0.15, 0.2) is 35.1 Å². The summed E-state index contributed by atoms with van der Waals surface area (Å²) in [7, 11) is 3.01. The molecule has 1 heterocycles. The van der Waals surface area contributed by atoms with Crippen LogP contribution in [-0.2, 0) is 0 Å². The molecule has 0 saturated carbocycles. The molecule has 0 aliphatic heterocycles. The van der Waals surface area contributed by atoms with E-state index >= 15 is 0 Å². The standard InChI is InChI=1S/C17H21N3O4/c1-5-11(2)18-17(22)16-14(21)10-15(24-4)20(19-16)12-6-8-13(23-3)9-7-12/h6-11H,5H2,1-4H3,(H,18,22)/t11-/m1/s1. The van der Waals surface area contributed by atoms with Crippen LogP contribution in [0, 0.1) is 0 Å². The summed E-state index contributed by atoms with van der Waals surface area (Å²) in [6, 6.07) is 8.24. The number of ether oxygens (including phenoxy) is 2. The number of benzene rings is 1. The highest BCUT2D eigenvalue weighted by atomic mass is 16.5. The van der Waals surface area contributed by atoms with E-state index in [1.165, 1.54) is 17.9 Å². The Bertz CT molecular complexity index is 768. The smallest absolute Gasteiger partial charge is 0.276 e. The maximum atomic E-state index is 12.3. The predicted octanol–water partition coefficient (Wildman–Crippen LogP) is 1.78. The topological polar surface area (TPSA) is 82.5 Å². The third-order valence-electron chi connectivity index (χ3n) is 3.63. The first-order chi connectivity index (χ1) is 11.5. The van der Waals surface area contributed by atoms with Crippen LogP contribution in [0.2, 0.25) is 0 Å². The molecule has 0 bridgehead atoms. The van der Waals surface area contributed by atoms with E-state index in [-0.39, 0.29) is 17.6 Å².